The molecule has 0 aromatic carbocycles. The molecule has 7 heteroatoms. The first-order valence-corrected chi connectivity index (χ1v) is 10.2. The van der Waals surface area contributed by atoms with Crippen LogP contribution < -0.4 is 5.32 Å². The van der Waals surface area contributed by atoms with Crippen LogP contribution in [-0.4, -0.2) is 38.7 Å². The summed E-state index contributed by atoms with van der Waals surface area (Å²) in [6.07, 6.45) is 6.29. The molecule has 0 bridgehead atoms. The number of hydrogen-bond donors (Lipinski definition) is 1. The Kier molecular flexibility index (Phi) is 5.96. The van der Waals surface area contributed by atoms with Crippen molar-refractivity contribution in [3.63, 3.8) is 0 Å². The molecule has 3 heterocycles. The number of aromatic nitrogens is 3. The molecule has 6 nitrogen and oxygen atoms in total. The molecule has 0 unspecified atom stereocenters. The van der Waals surface area contributed by atoms with E-state index in [2.05, 4.69) is 48.3 Å². The molecule has 1 amide bonds. The van der Waals surface area contributed by atoms with Crippen molar-refractivity contribution >= 4 is 23.2 Å². The van der Waals surface area contributed by atoms with Crippen LogP contribution in [0.25, 0.3) is 0 Å². The monoisotopic (exact) mass is 375 g/mol. The lowest BCUT2D eigenvalue weighted by Gasteiger charge is -2.19. The summed E-state index contributed by atoms with van der Waals surface area (Å²) in [7, 11) is 0. The number of nitrogens with one attached hydrogen (secondary N) is 1. The summed E-state index contributed by atoms with van der Waals surface area (Å²) in [4.78, 5) is 21.3. The highest BCUT2D eigenvalue weighted by Crippen LogP contribution is 2.29. The SMILES string of the molecule is CC(C)(C)c1ccc(CNc2ncn(CC(=O)N3CCCCCC3)n2)s1. The Hall–Kier alpha value is -1.89. The van der Waals surface area contributed by atoms with Crippen LogP contribution in [0.1, 0.15) is 56.2 Å². The molecule has 1 fully saturated rings. The Morgan fingerprint density at radius 1 is 1.19 bits per heavy atom. The molecule has 1 aliphatic rings. The van der Waals surface area contributed by atoms with Crippen LogP contribution in [0.2, 0.25) is 0 Å². The van der Waals surface area contributed by atoms with Crippen molar-refractivity contribution < 1.29 is 4.79 Å². The zero-order chi connectivity index (χ0) is 18.6. The fourth-order valence-corrected chi connectivity index (χ4v) is 4.06. The van der Waals surface area contributed by atoms with Gasteiger partial charge in [0.25, 0.3) is 0 Å². The zero-order valence-electron chi connectivity index (χ0n) is 16.0. The second-order valence-electron chi connectivity index (χ2n) is 7.93. The van der Waals surface area contributed by atoms with E-state index in [0.29, 0.717) is 12.5 Å². The molecule has 1 saturated heterocycles. The predicted molar refractivity (Wildman–Crippen MR) is 105 cm³/mol. The third kappa shape index (κ3) is 5.06. The third-order valence-electron chi connectivity index (χ3n) is 4.61. The number of hydrogen-bond acceptors (Lipinski definition) is 5. The first-order valence-electron chi connectivity index (χ1n) is 9.42. The highest BCUT2D eigenvalue weighted by molar-refractivity contribution is 7.12. The van der Waals surface area contributed by atoms with E-state index in [9.17, 15) is 4.79 Å². The van der Waals surface area contributed by atoms with Crippen molar-refractivity contribution in [2.24, 2.45) is 0 Å². The van der Waals surface area contributed by atoms with Crippen LogP contribution in [0.5, 0.6) is 0 Å². The normalized spacial score (nSPS) is 15.7. The molecule has 1 N–H and O–H groups in total. The number of carbonyl (C=O) groups excluding carboxylic acids is 1. The lowest BCUT2D eigenvalue weighted by atomic mass is 9.95. The van der Waals surface area contributed by atoms with Crippen LogP contribution in [0, 0.1) is 0 Å². The maximum atomic E-state index is 12.4. The largest absolute Gasteiger partial charge is 0.348 e. The number of likely N-dealkylation sites (tertiary alicyclic amines) is 1. The second kappa shape index (κ2) is 8.20. The van der Waals surface area contributed by atoms with Crippen molar-refractivity contribution in [1.82, 2.24) is 19.7 Å². The van der Waals surface area contributed by atoms with E-state index < -0.39 is 0 Å². The summed E-state index contributed by atoms with van der Waals surface area (Å²) in [5.74, 6) is 0.704. The second-order valence-corrected chi connectivity index (χ2v) is 9.10. The van der Waals surface area contributed by atoms with Crippen LogP contribution in [0.4, 0.5) is 5.95 Å². The van der Waals surface area contributed by atoms with Gasteiger partial charge in [0.15, 0.2) is 0 Å². The van der Waals surface area contributed by atoms with Gasteiger partial charge in [-0.3, -0.25) is 4.79 Å². The smallest absolute Gasteiger partial charge is 0.244 e. The molecule has 0 saturated carbocycles. The highest BCUT2D eigenvalue weighted by Gasteiger charge is 2.17. The van der Waals surface area contributed by atoms with Crippen molar-refractivity contribution in [2.45, 2.75) is 65.0 Å². The van der Waals surface area contributed by atoms with Gasteiger partial charge in [0.05, 0.1) is 6.54 Å². The van der Waals surface area contributed by atoms with Gasteiger partial charge in [-0.05, 0) is 30.4 Å². The van der Waals surface area contributed by atoms with Gasteiger partial charge in [0.1, 0.15) is 12.9 Å². The van der Waals surface area contributed by atoms with Crippen molar-refractivity contribution in [3.8, 4) is 0 Å². The molecular formula is C19H29N5OS. The van der Waals surface area contributed by atoms with E-state index in [0.717, 1.165) is 25.9 Å². The Labute approximate surface area is 159 Å². The Bertz CT molecular complexity index is 722. The molecular weight excluding hydrogens is 346 g/mol. The van der Waals surface area contributed by atoms with Crippen LogP contribution >= 0.6 is 11.3 Å². The van der Waals surface area contributed by atoms with Gasteiger partial charge < -0.3 is 10.2 Å². The molecule has 3 rings (SSSR count). The van der Waals surface area contributed by atoms with Gasteiger partial charge in [-0.1, -0.05) is 33.6 Å². The summed E-state index contributed by atoms with van der Waals surface area (Å²) in [5, 5.41) is 7.64. The average Bonchev–Trinajstić information content (AvgIpc) is 3.15. The number of anilines is 1. The van der Waals surface area contributed by atoms with Gasteiger partial charge in [0.2, 0.25) is 11.9 Å². The van der Waals surface area contributed by atoms with Gasteiger partial charge in [-0.15, -0.1) is 16.4 Å². The molecule has 2 aromatic heterocycles. The standard InChI is InChI=1S/C19H29N5OS/c1-19(2,3)16-9-8-15(26-16)12-20-18-21-14-24(22-18)13-17(25)23-10-6-4-5-7-11-23/h8-9,14H,4-7,10-13H2,1-3H3,(H,20,22). The summed E-state index contributed by atoms with van der Waals surface area (Å²) in [5.41, 5.74) is 0.177. The summed E-state index contributed by atoms with van der Waals surface area (Å²) >= 11 is 1.81. The van der Waals surface area contributed by atoms with Gasteiger partial charge in [0, 0.05) is 22.8 Å². The average molecular weight is 376 g/mol. The first-order chi connectivity index (χ1) is 12.4. The van der Waals surface area contributed by atoms with Gasteiger partial charge >= 0.3 is 0 Å². The summed E-state index contributed by atoms with van der Waals surface area (Å²) in [6, 6.07) is 4.34. The number of nitrogens with zero attached hydrogens (tertiary/aromatic N) is 4. The topological polar surface area (TPSA) is 63.1 Å². The minimum Gasteiger partial charge on any atom is -0.348 e. The number of amides is 1. The molecule has 2 aromatic rings. The Balaban J connectivity index is 1.51. The predicted octanol–water partition coefficient (Wildman–Crippen LogP) is 3.65. The molecule has 0 spiro atoms. The van der Waals surface area contributed by atoms with Crippen LogP contribution in [0.15, 0.2) is 18.5 Å². The maximum Gasteiger partial charge on any atom is 0.244 e. The minimum atomic E-state index is 0.136. The summed E-state index contributed by atoms with van der Waals surface area (Å²) < 4.78 is 1.63. The Morgan fingerprint density at radius 3 is 2.58 bits per heavy atom. The maximum absolute atomic E-state index is 12.4. The van der Waals surface area contributed by atoms with Gasteiger partial charge in [-0.2, -0.15) is 0 Å². The lowest BCUT2D eigenvalue weighted by molar-refractivity contribution is -0.132. The van der Waals surface area contributed by atoms with Crippen LogP contribution in [-0.2, 0) is 23.3 Å². The van der Waals surface area contributed by atoms with E-state index >= 15 is 0 Å². The number of thiophene rings is 1. The van der Waals surface area contributed by atoms with E-state index in [1.807, 2.05) is 16.2 Å². The quantitative estimate of drug-likeness (QED) is 0.866. The van der Waals surface area contributed by atoms with Crippen LogP contribution in [0.3, 0.4) is 0 Å². The molecule has 0 atom stereocenters. The van der Waals surface area contributed by atoms with E-state index in [1.54, 1.807) is 11.0 Å². The Morgan fingerprint density at radius 2 is 1.92 bits per heavy atom. The molecule has 142 valence electrons. The molecule has 26 heavy (non-hydrogen) atoms. The highest BCUT2D eigenvalue weighted by atomic mass is 32.1. The fraction of sp³-hybridized carbons (Fsp3) is 0.632. The van der Waals surface area contributed by atoms with E-state index in [-0.39, 0.29) is 17.9 Å². The zero-order valence-corrected chi connectivity index (χ0v) is 16.8. The van der Waals surface area contributed by atoms with Crippen molar-refractivity contribution in [3.05, 3.63) is 28.2 Å². The molecule has 0 aliphatic carbocycles. The molecule has 0 radical (unpaired) electrons. The molecule has 1 aliphatic heterocycles. The third-order valence-corrected chi connectivity index (χ3v) is 6.13. The lowest BCUT2D eigenvalue weighted by Crippen LogP contribution is -2.34. The summed E-state index contributed by atoms with van der Waals surface area (Å²) in [6.45, 7) is 9.37. The number of rotatable bonds is 5. The van der Waals surface area contributed by atoms with Crippen molar-refractivity contribution in [2.75, 3.05) is 18.4 Å². The first kappa shape index (κ1) is 18.9. The number of carbonyl (C=O) groups is 1. The minimum absolute atomic E-state index is 0.136. The van der Waals surface area contributed by atoms with Gasteiger partial charge in [-0.25, -0.2) is 9.67 Å². The van der Waals surface area contributed by atoms with E-state index in [1.165, 1.54) is 22.6 Å². The fourth-order valence-electron chi connectivity index (χ4n) is 3.05. The van der Waals surface area contributed by atoms with E-state index in [4.69, 9.17) is 0 Å². The van der Waals surface area contributed by atoms with Crippen molar-refractivity contribution in [1.29, 1.82) is 0 Å².